The number of aromatic nitrogens is 2. The van der Waals surface area contributed by atoms with Crippen molar-refractivity contribution in [1.82, 2.24) is 15.3 Å². The zero-order valence-electron chi connectivity index (χ0n) is 13.3. The molecule has 0 amide bonds. The van der Waals surface area contributed by atoms with Gasteiger partial charge in [0.1, 0.15) is 5.52 Å². The number of piperazine rings is 1. The molecular weight excluding hydrogens is 328 g/mol. The Morgan fingerprint density at radius 3 is 2.83 bits per heavy atom. The van der Waals surface area contributed by atoms with Crippen LogP contribution in [0.2, 0.25) is 5.02 Å². The van der Waals surface area contributed by atoms with Gasteiger partial charge in [-0.2, -0.15) is 4.98 Å². The van der Waals surface area contributed by atoms with Gasteiger partial charge in [-0.3, -0.25) is 4.98 Å². The average Bonchev–Trinajstić information content (AvgIpc) is 3.05. The summed E-state index contributed by atoms with van der Waals surface area (Å²) in [4.78, 5) is 11.2. The number of rotatable bonds is 3. The number of ether oxygens (including phenoxy) is 1. The van der Waals surface area contributed by atoms with Gasteiger partial charge < -0.3 is 19.4 Å². The first-order chi connectivity index (χ1) is 11.8. The van der Waals surface area contributed by atoms with Crippen LogP contribution in [0.15, 0.2) is 34.9 Å². The first-order valence-electron chi connectivity index (χ1n) is 7.82. The number of halogens is 1. The summed E-state index contributed by atoms with van der Waals surface area (Å²) in [5.74, 6) is 0.547. The standard InChI is InChI=1S/C17H17ClN4O2/c1-23-15-11(18)10-13-16(14(15)12-4-2-3-5-20-12)24-17(21-13)22-8-6-19-7-9-22/h2-5,10,19H,6-9H2,1H3. The fraction of sp³-hybridized carbons (Fsp3) is 0.294. The second-order valence-electron chi connectivity index (χ2n) is 5.56. The van der Waals surface area contributed by atoms with Gasteiger partial charge in [-0.05, 0) is 18.2 Å². The molecule has 1 N–H and O–H groups in total. The first kappa shape index (κ1) is 15.2. The summed E-state index contributed by atoms with van der Waals surface area (Å²) >= 11 is 6.40. The SMILES string of the molecule is COc1c(Cl)cc2nc(N3CCNCC3)oc2c1-c1ccccn1. The van der Waals surface area contributed by atoms with Crippen LogP contribution in [0.1, 0.15) is 0 Å². The molecule has 1 aliphatic heterocycles. The lowest BCUT2D eigenvalue weighted by Crippen LogP contribution is -2.43. The number of benzene rings is 1. The zero-order valence-corrected chi connectivity index (χ0v) is 14.0. The molecule has 0 saturated carbocycles. The van der Waals surface area contributed by atoms with E-state index < -0.39 is 0 Å². The van der Waals surface area contributed by atoms with Gasteiger partial charge in [0, 0.05) is 32.4 Å². The highest BCUT2D eigenvalue weighted by Gasteiger charge is 2.23. The van der Waals surface area contributed by atoms with Crippen molar-refractivity contribution in [3.63, 3.8) is 0 Å². The number of fused-ring (bicyclic) bond motifs is 1. The van der Waals surface area contributed by atoms with Crippen molar-refractivity contribution >= 4 is 28.7 Å². The smallest absolute Gasteiger partial charge is 0.298 e. The number of anilines is 1. The third-order valence-electron chi connectivity index (χ3n) is 4.09. The highest BCUT2D eigenvalue weighted by Crippen LogP contribution is 2.42. The topological polar surface area (TPSA) is 63.4 Å². The van der Waals surface area contributed by atoms with E-state index in [2.05, 4.69) is 20.2 Å². The number of hydrogen-bond donors (Lipinski definition) is 1. The van der Waals surface area contributed by atoms with Crippen LogP contribution in [0.5, 0.6) is 5.75 Å². The van der Waals surface area contributed by atoms with E-state index in [-0.39, 0.29) is 0 Å². The van der Waals surface area contributed by atoms with Gasteiger partial charge in [-0.15, -0.1) is 0 Å². The van der Waals surface area contributed by atoms with Crippen molar-refractivity contribution in [2.24, 2.45) is 0 Å². The Morgan fingerprint density at radius 2 is 2.12 bits per heavy atom. The Hall–Kier alpha value is -2.31. The van der Waals surface area contributed by atoms with Gasteiger partial charge >= 0.3 is 0 Å². The number of oxazole rings is 1. The van der Waals surface area contributed by atoms with E-state index in [1.807, 2.05) is 18.2 Å². The van der Waals surface area contributed by atoms with Crippen molar-refractivity contribution < 1.29 is 9.15 Å². The van der Waals surface area contributed by atoms with Crippen molar-refractivity contribution in [1.29, 1.82) is 0 Å². The van der Waals surface area contributed by atoms with Gasteiger partial charge in [0.15, 0.2) is 11.3 Å². The Morgan fingerprint density at radius 1 is 1.29 bits per heavy atom. The molecule has 24 heavy (non-hydrogen) atoms. The molecule has 0 atom stereocenters. The van der Waals surface area contributed by atoms with Crippen LogP contribution in [0, 0.1) is 0 Å². The second kappa shape index (κ2) is 6.30. The number of nitrogens with one attached hydrogen (secondary N) is 1. The molecule has 6 nitrogen and oxygen atoms in total. The summed E-state index contributed by atoms with van der Waals surface area (Å²) < 4.78 is 11.6. The monoisotopic (exact) mass is 344 g/mol. The highest BCUT2D eigenvalue weighted by atomic mass is 35.5. The molecule has 124 valence electrons. The molecule has 3 aromatic rings. The molecule has 0 radical (unpaired) electrons. The van der Waals surface area contributed by atoms with Crippen LogP contribution in [0.4, 0.5) is 6.01 Å². The third-order valence-corrected chi connectivity index (χ3v) is 4.37. The number of hydrogen-bond acceptors (Lipinski definition) is 6. The summed E-state index contributed by atoms with van der Waals surface area (Å²) in [6, 6.07) is 8.07. The predicted octanol–water partition coefficient (Wildman–Crippen LogP) is 2.96. The van der Waals surface area contributed by atoms with Crippen LogP contribution in [0.25, 0.3) is 22.4 Å². The average molecular weight is 345 g/mol. The molecule has 0 unspecified atom stereocenters. The molecule has 0 aliphatic carbocycles. The van der Waals surface area contributed by atoms with Crippen LogP contribution in [-0.2, 0) is 0 Å². The molecule has 4 rings (SSSR count). The Bertz CT molecular complexity index is 860. The molecule has 2 aromatic heterocycles. The summed E-state index contributed by atoms with van der Waals surface area (Å²) in [5, 5.41) is 3.81. The van der Waals surface area contributed by atoms with Gasteiger partial charge in [-0.1, -0.05) is 17.7 Å². The molecular formula is C17H17ClN4O2. The quantitative estimate of drug-likeness (QED) is 0.788. The molecule has 3 heterocycles. The minimum absolute atomic E-state index is 0.491. The summed E-state index contributed by atoms with van der Waals surface area (Å²) in [6.45, 7) is 3.54. The summed E-state index contributed by atoms with van der Waals surface area (Å²) in [6.07, 6.45) is 1.73. The normalized spacial score (nSPS) is 15.0. The lowest BCUT2D eigenvalue weighted by atomic mass is 10.1. The van der Waals surface area contributed by atoms with E-state index in [1.165, 1.54) is 0 Å². The van der Waals surface area contributed by atoms with E-state index in [0.717, 1.165) is 37.4 Å². The minimum atomic E-state index is 0.491. The van der Waals surface area contributed by atoms with Crippen LogP contribution < -0.4 is 15.0 Å². The second-order valence-corrected chi connectivity index (χ2v) is 5.97. The van der Waals surface area contributed by atoms with Crippen LogP contribution in [0.3, 0.4) is 0 Å². The Kier molecular flexibility index (Phi) is 4.00. The maximum Gasteiger partial charge on any atom is 0.298 e. The molecule has 1 aliphatic rings. The van der Waals surface area contributed by atoms with E-state index in [0.29, 0.717) is 27.9 Å². The van der Waals surface area contributed by atoms with E-state index in [9.17, 15) is 0 Å². The number of nitrogens with zero attached hydrogens (tertiary/aromatic N) is 3. The van der Waals surface area contributed by atoms with Crippen LogP contribution >= 0.6 is 11.6 Å². The molecule has 1 fully saturated rings. The van der Waals surface area contributed by atoms with Crippen molar-refractivity contribution in [2.45, 2.75) is 0 Å². The molecule has 7 heteroatoms. The first-order valence-corrected chi connectivity index (χ1v) is 8.20. The maximum atomic E-state index is 6.40. The van der Waals surface area contributed by atoms with Crippen LogP contribution in [-0.4, -0.2) is 43.3 Å². The minimum Gasteiger partial charge on any atom is -0.494 e. The Balaban J connectivity index is 1.92. The van der Waals surface area contributed by atoms with Gasteiger partial charge in [-0.25, -0.2) is 0 Å². The third kappa shape index (κ3) is 2.57. The van der Waals surface area contributed by atoms with Crippen molar-refractivity contribution in [2.75, 3.05) is 38.2 Å². The van der Waals surface area contributed by atoms with Gasteiger partial charge in [0.25, 0.3) is 6.01 Å². The fourth-order valence-electron chi connectivity index (χ4n) is 2.94. The zero-order chi connectivity index (χ0) is 16.5. The maximum absolute atomic E-state index is 6.40. The lowest BCUT2D eigenvalue weighted by molar-refractivity contribution is 0.416. The van der Waals surface area contributed by atoms with E-state index >= 15 is 0 Å². The van der Waals surface area contributed by atoms with E-state index in [1.54, 1.807) is 19.4 Å². The van der Waals surface area contributed by atoms with Gasteiger partial charge in [0.2, 0.25) is 0 Å². The molecule has 0 spiro atoms. The highest BCUT2D eigenvalue weighted by molar-refractivity contribution is 6.33. The lowest BCUT2D eigenvalue weighted by Gasteiger charge is -2.25. The largest absolute Gasteiger partial charge is 0.494 e. The molecule has 1 aromatic carbocycles. The number of pyridine rings is 1. The summed E-state index contributed by atoms with van der Waals surface area (Å²) in [5.41, 5.74) is 2.82. The molecule has 1 saturated heterocycles. The van der Waals surface area contributed by atoms with Gasteiger partial charge in [0.05, 0.1) is 23.4 Å². The summed E-state index contributed by atoms with van der Waals surface area (Å²) in [7, 11) is 1.59. The number of methoxy groups -OCH3 is 1. The fourth-order valence-corrected chi connectivity index (χ4v) is 3.21. The van der Waals surface area contributed by atoms with E-state index in [4.69, 9.17) is 20.8 Å². The molecule has 0 bridgehead atoms. The predicted molar refractivity (Wildman–Crippen MR) is 93.9 cm³/mol. The Labute approximate surface area is 144 Å². The van der Waals surface area contributed by atoms with Crippen molar-refractivity contribution in [3.05, 3.63) is 35.5 Å². The van der Waals surface area contributed by atoms with Crippen molar-refractivity contribution in [3.8, 4) is 17.0 Å².